The van der Waals surface area contributed by atoms with Crippen LogP contribution in [0.2, 0.25) is 0 Å². The summed E-state index contributed by atoms with van der Waals surface area (Å²) in [5, 5.41) is 11.4. The van der Waals surface area contributed by atoms with Crippen LogP contribution < -0.4 is 5.32 Å². The molecule has 18 heavy (non-hydrogen) atoms. The van der Waals surface area contributed by atoms with E-state index in [9.17, 15) is 9.59 Å². The van der Waals surface area contributed by atoms with Crippen LogP contribution in [0.4, 0.5) is 0 Å². The normalized spacial score (nSPS) is 12.4. The molecular formula is C12H19N3O3. The van der Waals surface area contributed by atoms with Crippen molar-refractivity contribution in [2.75, 3.05) is 20.1 Å². The van der Waals surface area contributed by atoms with E-state index in [-0.39, 0.29) is 12.5 Å². The molecule has 2 amide bonds. The minimum absolute atomic E-state index is 0.124. The van der Waals surface area contributed by atoms with E-state index in [1.807, 2.05) is 0 Å². The van der Waals surface area contributed by atoms with Crippen LogP contribution in [0.15, 0.2) is 18.3 Å². The number of carbonyl (C=O) groups is 2. The molecule has 1 aromatic rings. The van der Waals surface area contributed by atoms with Crippen LogP contribution in [0.1, 0.15) is 23.8 Å². The molecule has 0 bridgehead atoms. The highest BCUT2D eigenvalue weighted by molar-refractivity contribution is 6.04. The molecule has 0 saturated heterocycles. The molecule has 6 nitrogen and oxygen atoms in total. The van der Waals surface area contributed by atoms with Crippen molar-refractivity contribution in [1.29, 1.82) is 0 Å². The Morgan fingerprint density at radius 1 is 1.56 bits per heavy atom. The van der Waals surface area contributed by atoms with E-state index in [2.05, 4.69) is 10.3 Å². The number of aliphatic hydroxyl groups is 1. The Hall–Kier alpha value is -1.66. The Bertz CT molecular complexity index is 387. The average molecular weight is 253 g/mol. The van der Waals surface area contributed by atoms with Gasteiger partial charge in [-0.1, -0.05) is 0 Å². The molecule has 0 saturated carbocycles. The second-order valence-corrected chi connectivity index (χ2v) is 4.34. The van der Waals surface area contributed by atoms with Crippen LogP contribution in [0, 0.1) is 0 Å². The number of H-pyrrole nitrogens is 1. The summed E-state index contributed by atoms with van der Waals surface area (Å²) in [5.74, 6) is -0.795. The van der Waals surface area contributed by atoms with Gasteiger partial charge >= 0.3 is 0 Å². The molecule has 0 aliphatic rings. The molecule has 0 fully saturated rings. The minimum atomic E-state index is -0.436. The molecule has 1 aromatic heterocycles. The summed E-state index contributed by atoms with van der Waals surface area (Å²) < 4.78 is 0. The van der Waals surface area contributed by atoms with Gasteiger partial charge in [-0.15, -0.1) is 0 Å². The summed E-state index contributed by atoms with van der Waals surface area (Å²) in [4.78, 5) is 27.6. The molecule has 0 aliphatic heterocycles. The number of nitrogens with zero attached hydrogens (tertiary/aromatic N) is 1. The first-order valence-electron chi connectivity index (χ1n) is 5.83. The van der Waals surface area contributed by atoms with Gasteiger partial charge in [-0.3, -0.25) is 19.8 Å². The number of hydrogen-bond acceptors (Lipinski definition) is 4. The van der Waals surface area contributed by atoms with Gasteiger partial charge in [-0.05, 0) is 32.5 Å². The van der Waals surface area contributed by atoms with Crippen LogP contribution >= 0.6 is 0 Å². The van der Waals surface area contributed by atoms with Crippen molar-refractivity contribution >= 4 is 11.8 Å². The summed E-state index contributed by atoms with van der Waals surface area (Å²) in [6.45, 7) is 2.42. The lowest BCUT2D eigenvalue weighted by molar-refractivity contribution is -0.121. The SMILES string of the molecule is CC(O)CCN(C)CC(=O)NC(=O)c1ccc[nH]1. The van der Waals surface area contributed by atoms with Crippen molar-refractivity contribution in [3.63, 3.8) is 0 Å². The maximum atomic E-state index is 11.6. The van der Waals surface area contributed by atoms with Gasteiger partial charge in [0, 0.05) is 12.7 Å². The largest absolute Gasteiger partial charge is 0.393 e. The summed E-state index contributed by atoms with van der Waals surface area (Å²) >= 11 is 0. The second-order valence-electron chi connectivity index (χ2n) is 4.34. The van der Waals surface area contributed by atoms with E-state index >= 15 is 0 Å². The number of nitrogens with one attached hydrogen (secondary N) is 2. The first kappa shape index (κ1) is 14.4. The molecule has 1 atom stereocenters. The Kier molecular flexibility index (Phi) is 5.54. The molecular weight excluding hydrogens is 234 g/mol. The smallest absolute Gasteiger partial charge is 0.274 e. The zero-order valence-electron chi connectivity index (χ0n) is 10.6. The third-order valence-corrected chi connectivity index (χ3v) is 2.44. The fourth-order valence-corrected chi connectivity index (χ4v) is 1.44. The van der Waals surface area contributed by atoms with Gasteiger partial charge in [-0.2, -0.15) is 0 Å². The molecule has 1 rings (SSSR count). The number of rotatable bonds is 6. The average Bonchev–Trinajstić information content (AvgIpc) is 2.79. The Morgan fingerprint density at radius 3 is 2.83 bits per heavy atom. The molecule has 0 radical (unpaired) electrons. The van der Waals surface area contributed by atoms with Crippen LogP contribution in [0.3, 0.4) is 0 Å². The molecule has 1 unspecified atom stereocenters. The monoisotopic (exact) mass is 253 g/mol. The zero-order chi connectivity index (χ0) is 13.5. The molecule has 6 heteroatoms. The van der Waals surface area contributed by atoms with E-state index in [4.69, 9.17) is 5.11 Å². The molecule has 3 N–H and O–H groups in total. The first-order valence-corrected chi connectivity index (χ1v) is 5.83. The van der Waals surface area contributed by atoms with Crippen LogP contribution in [0.25, 0.3) is 0 Å². The van der Waals surface area contributed by atoms with Crippen LogP contribution in [-0.4, -0.2) is 53.0 Å². The number of hydrogen-bond donors (Lipinski definition) is 3. The highest BCUT2D eigenvalue weighted by atomic mass is 16.3. The number of aromatic amines is 1. The van der Waals surface area contributed by atoms with E-state index < -0.39 is 12.0 Å². The van der Waals surface area contributed by atoms with Crippen molar-refractivity contribution in [2.45, 2.75) is 19.4 Å². The van der Waals surface area contributed by atoms with Gasteiger partial charge in [0.25, 0.3) is 5.91 Å². The topological polar surface area (TPSA) is 85.4 Å². The second kappa shape index (κ2) is 6.93. The highest BCUT2D eigenvalue weighted by Crippen LogP contribution is 1.95. The standard InChI is InChI=1S/C12H19N3O3/c1-9(16)5-7-15(2)8-11(17)14-12(18)10-4-3-6-13-10/h3-4,6,9,13,16H,5,7-8H2,1-2H3,(H,14,17,18). The third kappa shape index (κ3) is 5.11. The predicted octanol–water partition coefficient (Wildman–Crippen LogP) is -0.0262. The van der Waals surface area contributed by atoms with Gasteiger partial charge in [0.2, 0.25) is 5.91 Å². The maximum absolute atomic E-state index is 11.6. The zero-order valence-corrected chi connectivity index (χ0v) is 10.6. The van der Waals surface area contributed by atoms with E-state index in [0.29, 0.717) is 18.7 Å². The molecule has 0 aliphatic carbocycles. The third-order valence-electron chi connectivity index (χ3n) is 2.44. The summed E-state index contributed by atoms with van der Waals surface area (Å²) in [7, 11) is 1.76. The lowest BCUT2D eigenvalue weighted by atomic mass is 10.3. The van der Waals surface area contributed by atoms with Crippen molar-refractivity contribution in [1.82, 2.24) is 15.2 Å². The van der Waals surface area contributed by atoms with E-state index in [1.54, 1.807) is 37.2 Å². The lowest BCUT2D eigenvalue weighted by Crippen LogP contribution is -2.39. The predicted molar refractivity (Wildman–Crippen MR) is 67.1 cm³/mol. The van der Waals surface area contributed by atoms with Crippen molar-refractivity contribution in [3.05, 3.63) is 24.0 Å². The quantitative estimate of drug-likeness (QED) is 0.665. The first-order chi connectivity index (χ1) is 8.49. The van der Waals surface area contributed by atoms with Gasteiger partial charge in [-0.25, -0.2) is 0 Å². The summed E-state index contributed by atoms with van der Waals surface area (Å²) in [6.07, 6.45) is 1.82. The molecule has 0 aromatic carbocycles. The Balaban J connectivity index is 2.31. The number of likely N-dealkylation sites (N-methyl/N-ethyl adjacent to an activating group) is 1. The fourth-order valence-electron chi connectivity index (χ4n) is 1.44. The summed E-state index contributed by atoms with van der Waals surface area (Å²) in [6, 6.07) is 3.29. The molecule has 1 heterocycles. The Morgan fingerprint density at radius 2 is 2.28 bits per heavy atom. The van der Waals surface area contributed by atoms with Crippen molar-refractivity contribution in [3.8, 4) is 0 Å². The highest BCUT2D eigenvalue weighted by Gasteiger charge is 2.12. The van der Waals surface area contributed by atoms with Gasteiger partial charge in [0.1, 0.15) is 5.69 Å². The molecule has 0 spiro atoms. The number of aliphatic hydroxyl groups excluding tert-OH is 1. The van der Waals surface area contributed by atoms with Gasteiger partial charge in [0.05, 0.1) is 12.6 Å². The van der Waals surface area contributed by atoms with E-state index in [1.165, 1.54) is 0 Å². The Labute approximate surface area is 106 Å². The number of amides is 2. The number of imide groups is 1. The molecule has 100 valence electrons. The number of carbonyl (C=O) groups excluding carboxylic acids is 2. The van der Waals surface area contributed by atoms with E-state index in [0.717, 1.165) is 0 Å². The van der Waals surface area contributed by atoms with Crippen LogP contribution in [0.5, 0.6) is 0 Å². The van der Waals surface area contributed by atoms with Gasteiger partial charge < -0.3 is 10.1 Å². The minimum Gasteiger partial charge on any atom is -0.393 e. The summed E-state index contributed by atoms with van der Waals surface area (Å²) in [5.41, 5.74) is 0.356. The van der Waals surface area contributed by atoms with Gasteiger partial charge in [0.15, 0.2) is 0 Å². The lowest BCUT2D eigenvalue weighted by Gasteiger charge is -2.16. The van der Waals surface area contributed by atoms with Crippen molar-refractivity contribution < 1.29 is 14.7 Å². The van der Waals surface area contributed by atoms with Crippen molar-refractivity contribution in [2.24, 2.45) is 0 Å². The fraction of sp³-hybridized carbons (Fsp3) is 0.500. The van der Waals surface area contributed by atoms with Crippen LogP contribution in [-0.2, 0) is 4.79 Å². The number of aromatic nitrogens is 1. The maximum Gasteiger partial charge on any atom is 0.274 e.